The third-order valence-corrected chi connectivity index (χ3v) is 6.46. The zero-order chi connectivity index (χ0) is 16.4. The van der Waals surface area contributed by atoms with Crippen LogP contribution in [0.25, 0.3) is 0 Å². The van der Waals surface area contributed by atoms with Gasteiger partial charge in [0.05, 0.1) is 11.4 Å². The Labute approximate surface area is 149 Å². The zero-order valence-corrected chi connectivity index (χ0v) is 15.4. The number of amides is 1. The molecule has 0 saturated carbocycles. The van der Waals surface area contributed by atoms with Crippen LogP contribution in [-0.2, 0) is 14.8 Å². The van der Waals surface area contributed by atoms with E-state index in [1.54, 1.807) is 12.1 Å². The molecule has 134 valence electrons. The number of halogens is 1. The van der Waals surface area contributed by atoms with Gasteiger partial charge in [-0.3, -0.25) is 4.79 Å². The summed E-state index contributed by atoms with van der Waals surface area (Å²) in [6.45, 7) is 4.62. The first-order valence-corrected chi connectivity index (χ1v) is 9.49. The average molecular weight is 374 g/mol. The number of carbonyl (C=O) groups excluding carboxylic acids is 1. The maximum Gasteiger partial charge on any atom is 0.243 e. The molecule has 3 rings (SSSR count). The number of carbonyl (C=O) groups is 1. The summed E-state index contributed by atoms with van der Waals surface area (Å²) in [6, 6.07) is 6.93. The van der Waals surface area contributed by atoms with E-state index in [1.807, 2.05) is 24.0 Å². The number of rotatable bonds is 3. The minimum absolute atomic E-state index is 0. The molecule has 2 fully saturated rings. The van der Waals surface area contributed by atoms with E-state index in [1.165, 1.54) is 4.31 Å². The number of aryl methyl sites for hydroxylation is 1. The Balaban J connectivity index is 0.00000208. The number of benzene rings is 1. The average Bonchev–Trinajstić information content (AvgIpc) is 2.56. The lowest BCUT2D eigenvalue weighted by Gasteiger charge is -2.40. The topological polar surface area (TPSA) is 69.7 Å². The van der Waals surface area contributed by atoms with E-state index < -0.39 is 10.0 Å². The Morgan fingerprint density at radius 2 is 1.88 bits per heavy atom. The molecule has 0 aromatic heterocycles. The molecule has 1 atom stereocenters. The fourth-order valence-electron chi connectivity index (χ4n) is 3.26. The second-order valence-electron chi connectivity index (χ2n) is 6.24. The van der Waals surface area contributed by atoms with E-state index in [0.717, 1.165) is 24.9 Å². The van der Waals surface area contributed by atoms with E-state index in [-0.39, 0.29) is 24.4 Å². The van der Waals surface area contributed by atoms with Crippen LogP contribution in [0.5, 0.6) is 0 Å². The molecule has 2 heterocycles. The molecular weight excluding hydrogens is 350 g/mol. The number of nitrogens with zero attached hydrogens (tertiary/aromatic N) is 2. The van der Waals surface area contributed by atoms with Gasteiger partial charge in [0.1, 0.15) is 0 Å². The van der Waals surface area contributed by atoms with Crippen molar-refractivity contribution in [3.05, 3.63) is 29.8 Å². The number of sulfonamides is 1. The fourth-order valence-corrected chi connectivity index (χ4v) is 4.78. The Morgan fingerprint density at radius 1 is 1.17 bits per heavy atom. The van der Waals surface area contributed by atoms with Crippen LogP contribution < -0.4 is 5.32 Å². The Kier molecular flexibility index (Phi) is 6.25. The smallest absolute Gasteiger partial charge is 0.243 e. The monoisotopic (exact) mass is 373 g/mol. The van der Waals surface area contributed by atoms with Gasteiger partial charge in [-0.05, 0) is 31.9 Å². The summed E-state index contributed by atoms with van der Waals surface area (Å²) in [7, 11) is -3.49. The van der Waals surface area contributed by atoms with Gasteiger partial charge in [-0.15, -0.1) is 12.4 Å². The van der Waals surface area contributed by atoms with Gasteiger partial charge < -0.3 is 10.2 Å². The van der Waals surface area contributed by atoms with Crippen molar-refractivity contribution in [2.75, 3.05) is 32.7 Å². The third-order valence-electron chi connectivity index (χ3n) is 4.58. The second-order valence-corrected chi connectivity index (χ2v) is 8.17. The molecule has 1 aromatic carbocycles. The van der Waals surface area contributed by atoms with Crippen molar-refractivity contribution in [2.24, 2.45) is 0 Å². The minimum atomic E-state index is -3.49. The SMILES string of the molecule is Cc1ccc(S(=O)(=O)N2CCCC(N3CCNCC3=O)C2)cc1.Cl. The van der Waals surface area contributed by atoms with Crippen LogP contribution in [0, 0.1) is 6.92 Å². The van der Waals surface area contributed by atoms with E-state index in [2.05, 4.69) is 5.32 Å². The molecule has 24 heavy (non-hydrogen) atoms. The van der Waals surface area contributed by atoms with Crippen LogP contribution in [0.1, 0.15) is 18.4 Å². The van der Waals surface area contributed by atoms with E-state index in [4.69, 9.17) is 0 Å². The number of piperidine rings is 1. The zero-order valence-electron chi connectivity index (χ0n) is 13.8. The maximum atomic E-state index is 12.8. The molecule has 6 nitrogen and oxygen atoms in total. The second kappa shape index (κ2) is 7.82. The van der Waals surface area contributed by atoms with Gasteiger partial charge in [-0.2, -0.15) is 4.31 Å². The molecule has 1 unspecified atom stereocenters. The number of hydrogen-bond donors (Lipinski definition) is 1. The fraction of sp³-hybridized carbons (Fsp3) is 0.562. The largest absolute Gasteiger partial charge is 0.336 e. The van der Waals surface area contributed by atoms with Gasteiger partial charge in [0.25, 0.3) is 0 Å². The molecule has 1 aromatic rings. The van der Waals surface area contributed by atoms with Gasteiger partial charge in [-0.1, -0.05) is 17.7 Å². The van der Waals surface area contributed by atoms with Crippen molar-refractivity contribution in [3.8, 4) is 0 Å². The third kappa shape index (κ3) is 3.91. The van der Waals surface area contributed by atoms with Crippen LogP contribution in [0.2, 0.25) is 0 Å². The van der Waals surface area contributed by atoms with Crippen LogP contribution in [-0.4, -0.2) is 62.3 Å². The standard InChI is InChI=1S/C16H23N3O3S.ClH/c1-13-4-6-15(7-5-13)23(21,22)18-9-2-3-14(12-18)19-10-8-17-11-16(19)20;/h4-7,14,17H,2-3,8-12H2,1H3;1H. The van der Waals surface area contributed by atoms with Gasteiger partial charge in [-0.25, -0.2) is 8.42 Å². The highest BCUT2D eigenvalue weighted by atomic mass is 35.5. The highest BCUT2D eigenvalue weighted by Crippen LogP contribution is 2.23. The van der Waals surface area contributed by atoms with Crippen LogP contribution >= 0.6 is 12.4 Å². The molecular formula is C16H24ClN3O3S. The lowest BCUT2D eigenvalue weighted by Crippen LogP contribution is -2.57. The highest BCUT2D eigenvalue weighted by Gasteiger charge is 2.35. The van der Waals surface area contributed by atoms with Crippen molar-refractivity contribution >= 4 is 28.3 Å². The summed E-state index contributed by atoms with van der Waals surface area (Å²) < 4.78 is 27.2. The predicted octanol–water partition coefficient (Wildman–Crippen LogP) is 1.00. The molecule has 1 amide bonds. The molecule has 0 bridgehead atoms. The summed E-state index contributed by atoms with van der Waals surface area (Å²) in [4.78, 5) is 14.2. The number of nitrogens with one attached hydrogen (secondary N) is 1. The first-order chi connectivity index (χ1) is 11.0. The lowest BCUT2D eigenvalue weighted by molar-refractivity contribution is -0.135. The van der Waals surface area contributed by atoms with E-state index >= 15 is 0 Å². The molecule has 8 heteroatoms. The van der Waals surface area contributed by atoms with Crippen LogP contribution in [0.4, 0.5) is 0 Å². The minimum Gasteiger partial charge on any atom is -0.336 e. The van der Waals surface area contributed by atoms with E-state index in [9.17, 15) is 13.2 Å². The van der Waals surface area contributed by atoms with Gasteiger partial charge in [0.2, 0.25) is 15.9 Å². The van der Waals surface area contributed by atoms with Crippen LogP contribution in [0.15, 0.2) is 29.2 Å². The van der Waals surface area contributed by atoms with Crippen molar-refractivity contribution in [1.82, 2.24) is 14.5 Å². The van der Waals surface area contributed by atoms with Crippen molar-refractivity contribution in [2.45, 2.75) is 30.7 Å². The van der Waals surface area contributed by atoms with Gasteiger partial charge in [0, 0.05) is 32.2 Å². The summed E-state index contributed by atoms with van der Waals surface area (Å²) in [6.07, 6.45) is 1.65. The van der Waals surface area contributed by atoms with Crippen molar-refractivity contribution in [1.29, 1.82) is 0 Å². The predicted molar refractivity (Wildman–Crippen MR) is 94.8 cm³/mol. The molecule has 2 aliphatic heterocycles. The number of hydrogen-bond acceptors (Lipinski definition) is 4. The van der Waals surface area contributed by atoms with E-state index in [0.29, 0.717) is 31.1 Å². The number of piperazine rings is 1. The molecule has 2 aliphatic rings. The Hall–Kier alpha value is -1.15. The highest BCUT2D eigenvalue weighted by molar-refractivity contribution is 7.89. The normalized spacial score (nSPS) is 23.0. The maximum absolute atomic E-state index is 12.8. The summed E-state index contributed by atoms with van der Waals surface area (Å²) in [5, 5.41) is 3.05. The quantitative estimate of drug-likeness (QED) is 0.858. The molecule has 2 saturated heterocycles. The summed E-state index contributed by atoms with van der Waals surface area (Å²) >= 11 is 0. The van der Waals surface area contributed by atoms with Crippen molar-refractivity contribution < 1.29 is 13.2 Å². The van der Waals surface area contributed by atoms with Crippen molar-refractivity contribution in [3.63, 3.8) is 0 Å². The van der Waals surface area contributed by atoms with Gasteiger partial charge in [0.15, 0.2) is 0 Å². The first kappa shape index (κ1) is 19.2. The Morgan fingerprint density at radius 3 is 2.54 bits per heavy atom. The summed E-state index contributed by atoms with van der Waals surface area (Å²) in [5.74, 6) is 0.0656. The molecule has 1 N–H and O–H groups in total. The molecule has 0 spiro atoms. The first-order valence-electron chi connectivity index (χ1n) is 8.05. The lowest BCUT2D eigenvalue weighted by atomic mass is 10.1. The molecule has 0 aliphatic carbocycles. The van der Waals surface area contributed by atoms with Crippen LogP contribution in [0.3, 0.4) is 0 Å². The Bertz CT molecular complexity index is 678. The summed E-state index contributed by atoms with van der Waals surface area (Å²) in [5.41, 5.74) is 1.03. The van der Waals surface area contributed by atoms with Gasteiger partial charge >= 0.3 is 0 Å². The molecule has 0 radical (unpaired) electrons.